The van der Waals surface area contributed by atoms with E-state index in [1.807, 2.05) is 14.1 Å². The highest BCUT2D eigenvalue weighted by Gasteiger charge is 2.17. The van der Waals surface area contributed by atoms with Crippen LogP contribution in [0.4, 0.5) is 5.69 Å². The van der Waals surface area contributed by atoms with Crippen molar-refractivity contribution in [1.82, 2.24) is 10.2 Å². The number of amides is 2. The molecule has 0 aliphatic rings. The molecule has 0 heterocycles. The molecule has 1 atom stereocenters. The number of benzene rings is 2. The average molecular weight is 414 g/mol. The Kier molecular flexibility index (Phi) is 8.68. The highest BCUT2D eigenvalue weighted by atomic mass is 16.5. The van der Waals surface area contributed by atoms with Gasteiger partial charge in [-0.3, -0.25) is 9.59 Å². The number of anilines is 1. The van der Waals surface area contributed by atoms with Crippen LogP contribution in [0, 0.1) is 5.92 Å². The van der Waals surface area contributed by atoms with E-state index in [4.69, 9.17) is 9.47 Å². The van der Waals surface area contributed by atoms with E-state index >= 15 is 0 Å². The highest BCUT2D eigenvalue weighted by Crippen LogP contribution is 2.17. The molecule has 0 aliphatic carbocycles. The van der Waals surface area contributed by atoms with Gasteiger partial charge in [0, 0.05) is 29.9 Å². The molecule has 0 bridgehead atoms. The second kappa shape index (κ2) is 11.2. The summed E-state index contributed by atoms with van der Waals surface area (Å²) in [6, 6.07) is 14.1. The van der Waals surface area contributed by atoms with Crippen molar-refractivity contribution >= 4 is 17.5 Å². The molecule has 0 saturated heterocycles. The fourth-order valence-electron chi connectivity index (χ4n) is 3.06. The van der Waals surface area contributed by atoms with E-state index in [-0.39, 0.29) is 24.5 Å². The molecule has 0 radical (unpaired) electrons. The molecule has 7 heteroatoms. The third-order valence-corrected chi connectivity index (χ3v) is 4.74. The zero-order valence-electron chi connectivity index (χ0n) is 18.3. The predicted molar refractivity (Wildman–Crippen MR) is 118 cm³/mol. The van der Waals surface area contributed by atoms with Crippen molar-refractivity contribution in [2.75, 3.05) is 39.7 Å². The minimum absolute atomic E-state index is 0.134. The van der Waals surface area contributed by atoms with Crippen LogP contribution >= 0.6 is 0 Å². The first-order valence-electron chi connectivity index (χ1n) is 9.91. The van der Waals surface area contributed by atoms with Crippen molar-refractivity contribution in [3.8, 4) is 11.5 Å². The molecule has 162 valence electrons. The van der Waals surface area contributed by atoms with E-state index in [9.17, 15) is 9.59 Å². The van der Waals surface area contributed by atoms with Crippen molar-refractivity contribution in [3.05, 3.63) is 54.1 Å². The smallest absolute Gasteiger partial charge is 0.262 e. The number of rotatable bonds is 10. The van der Waals surface area contributed by atoms with Crippen LogP contribution in [0.3, 0.4) is 0 Å². The summed E-state index contributed by atoms with van der Waals surface area (Å²) < 4.78 is 10.6. The molecule has 0 aliphatic heterocycles. The van der Waals surface area contributed by atoms with Gasteiger partial charge in [-0.2, -0.15) is 0 Å². The zero-order valence-corrected chi connectivity index (χ0v) is 18.3. The van der Waals surface area contributed by atoms with Crippen molar-refractivity contribution in [2.24, 2.45) is 5.92 Å². The lowest BCUT2D eigenvalue weighted by molar-refractivity contribution is -0.118. The van der Waals surface area contributed by atoms with Gasteiger partial charge in [-0.15, -0.1) is 0 Å². The monoisotopic (exact) mass is 413 g/mol. The number of carbonyl (C=O) groups is 2. The van der Waals surface area contributed by atoms with Gasteiger partial charge < -0.3 is 25.0 Å². The number of ether oxygens (including phenoxy) is 2. The zero-order chi connectivity index (χ0) is 22.1. The molecule has 0 spiro atoms. The largest absolute Gasteiger partial charge is 0.497 e. The highest BCUT2D eigenvalue weighted by molar-refractivity contribution is 5.94. The van der Waals surface area contributed by atoms with Crippen molar-refractivity contribution in [2.45, 2.75) is 19.9 Å². The third-order valence-electron chi connectivity index (χ3n) is 4.74. The van der Waals surface area contributed by atoms with Gasteiger partial charge in [0.05, 0.1) is 7.11 Å². The van der Waals surface area contributed by atoms with Gasteiger partial charge in [-0.25, -0.2) is 0 Å². The molecule has 2 aromatic rings. The normalized spacial score (nSPS) is 11.8. The third kappa shape index (κ3) is 7.08. The second-order valence-corrected chi connectivity index (χ2v) is 7.58. The lowest BCUT2D eigenvalue weighted by Gasteiger charge is -2.28. The lowest BCUT2D eigenvalue weighted by atomic mass is 10.0. The first-order chi connectivity index (χ1) is 14.3. The van der Waals surface area contributed by atoms with Crippen LogP contribution < -0.4 is 20.1 Å². The van der Waals surface area contributed by atoms with Crippen LogP contribution in [0.1, 0.15) is 24.2 Å². The molecule has 0 aromatic heterocycles. The summed E-state index contributed by atoms with van der Waals surface area (Å²) >= 11 is 0. The molecule has 1 unspecified atom stereocenters. The first kappa shape index (κ1) is 23.2. The maximum atomic E-state index is 12.4. The molecule has 0 saturated carbocycles. The maximum Gasteiger partial charge on any atom is 0.262 e. The van der Waals surface area contributed by atoms with E-state index in [0.717, 1.165) is 0 Å². The number of carbonyl (C=O) groups excluding carboxylic acids is 2. The Morgan fingerprint density at radius 2 is 1.73 bits per heavy atom. The topological polar surface area (TPSA) is 79.9 Å². The maximum absolute atomic E-state index is 12.4. The van der Waals surface area contributed by atoms with Gasteiger partial charge in [0.2, 0.25) is 0 Å². The van der Waals surface area contributed by atoms with Crippen LogP contribution in [0.25, 0.3) is 0 Å². The van der Waals surface area contributed by atoms with Crippen molar-refractivity contribution in [1.29, 1.82) is 0 Å². The Hall–Kier alpha value is -3.06. The summed E-state index contributed by atoms with van der Waals surface area (Å²) in [6.45, 7) is 4.70. The van der Waals surface area contributed by atoms with Gasteiger partial charge in [-0.1, -0.05) is 19.9 Å². The van der Waals surface area contributed by atoms with Gasteiger partial charge >= 0.3 is 0 Å². The summed E-state index contributed by atoms with van der Waals surface area (Å²) in [5.74, 6) is 1.19. The summed E-state index contributed by atoms with van der Waals surface area (Å²) in [6.07, 6.45) is 0. The van der Waals surface area contributed by atoms with E-state index in [2.05, 4.69) is 29.4 Å². The van der Waals surface area contributed by atoms with Crippen LogP contribution in [-0.2, 0) is 4.79 Å². The summed E-state index contributed by atoms with van der Waals surface area (Å²) in [4.78, 5) is 26.6. The second-order valence-electron chi connectivity index (χ2n) is 7.58. The molecule has 0 fully saturated rings. The van der Waals surface area contributed by atoms with E-state index in [1.165, 1.54) is 0 Å². The Balaban J connectivity index is 1.83. The SMILES string of the molecule is COc1cccc(NC(=O)COc2ccc(C(=O)NCC(C(C)C)N(C)C)cc2)c1. The van der Waals surface area contributed by atoms with Crippen LogP contribution in [0.5, 0.6) is 11.5 Å². The molecule has 7 nitrogen and oxygen atoms in total. The lowest BCUT2D eigenvalue weighted by Crippen LogP contribution is -2.43. The standard InChI is InChI=1S/C23H31N3O4/c1-16(2)21(26(3)4)14-24-23(28)17-9-11-19(12-10-17)30-15-22(27)25-18-7-6-8-20(13-18)29-5/h6-13,16,21H,14-15H2,1-5H3,(H,24,28)(H,25,27). The predicted octanol–water partition coefficient (Wildman–Crippen LogP) is 3.03. The van der Waals surface area contributed by atoms with Crippen LogP contribution in [-0.4, -0.2) is 57.1 Å². The molecule has 2 amide bonds. The van der Waals surface area contributed by atoms with Crippen LogP contribution in [0.2, 0.25) is 0 Å². The Labute approximate surface area is 178 Å². The number of nitrogens with one attached hydrogen (secondary N) is 2. The minimum Gasteiger partial charge on any atom is -0.497 e. The number of likely N-dealkylation sites (N-methyl/N-ethyl adjacent to an activating group) is 1. The summed E-state index contributed by atoms with van der Waals surface area (Å²) in [5.41, 5.74) is 1.18. The fourth-order valence-corrected chi connectivity index (χ4v) is 3.06. The molecule has 2 rings (SSSR count). The van der Waals surface area contributed by atoms with Gasteiger partial charge in [0.25, 0.3) is 11.8 Å². The fraction of sp³-hybridized carbons (Fsp3) is 0.391. The summed E-state index contributed by atoms with van der Waals surface area (Å²) in [5, 5.41) is 5.72. The number of hydrogen-bond donors (Lipinski definition) is 2. The quantitative estimate of drug-likeness (QED) is 0.626. The van der Waals surface area contributed by atoms with Gasteiger partial charge in [0.15, 0.2) is 6.61 Å². The Morgan fingerprint density at radius 3 is 2.33 bits per heavy atom. The molecular formula is C23H31N3O4. The molecule has 30 heavy (non-hydrogen) atoms. The van der Waals surface area contributed by atoms with Gasteiger partial charge in [0.1, 0.15) is 11.5 Å². The Bertz CT molecular complexity index is 827. The average Bonchev–Trinajstić information content (AvgIpc) is 2.72. The van der Waals surface area contributed by atoms with Crippen LogP contribution in [0.15, 0.2) is 48.5 Å². The molecule has 2 N–H and O–H groups in total. The first-order valence-corrected chi connectivity index (χ1v) is 9.91. The Morgan fingerprint density at radius 1 is 1.03 bits per heavy atom. The number of hydrogen-bond acceptors (Lipinski definition) is 5. The summed E-state index contributed by atoms with van der Waals surface area (Å²) in [7, 11) is 5.58. The van der Waals surface area contributed by atoms with E-state index < -0.39 is 0 Å². The molecule has 2 aromatic carbocycles. The van der Waals surface area contributed by atoms with E-state index in [0.29, 0.717) is 35.2 Å². The van der Waals surface area contributed by atoms with Gasteiger partial charge in [-0.05, 0) is 56.4 Å². The number of methoxy groups -OCH3 is 1. The number of nitrogens with zero attached hydrogens (tertiary/aromatic N) is 1. The van der Waals surface area contributed by atoms with Crippen molar-refractivity contribution in [3.63, 3.8) is 0 Å². The minimum atomic E-state index is -0.284. The van der Waals surface area contributed by atoms with E-state index in [1.54, 1.807) is 55.6 Å². The van der Waals surface area contributed by atoms with Crippen molar-refractivity contribution < 1.29 is 19.1 Å². The molecular weight excluding hydrogens is 382 g/mol.